The minimum Gasteiger partial charge on any atom is -0.487 e. The minimum atomic E-state index is -0.461. The lowest BCUT2D eigenvalue weighted by Crippen LogP contribution is -2.49. The normalized spacial score (nSPS) is 18.0. The lowest BCUT2D eigenvalue weighted by Gasteiger charge is -2.39. The summed E-state index contributed by atoms with van der Waals surface area (Å²) in [5.74, 6) is 0.787. The second-order valence-electron chi connectivity index (χ2n) is 6.83. The van der Waals surface area contributed by atoms with Gasteiger partial charge in [-0.1, -0.05) is 0 Å². The zero-order valence-corrected chi connectivity index (χ0v) is 15.1. The van der Waals surface area contributed by atoms with Gasteiger partial charge in [-0.2, -0.15) is 0 Å². The highest BCUT2D eigenvalue weighted by Gasteiger charge is 2.35. The van der Waals surface area contributed by atoms with Crippen LogP contribution in [0.3, 0.4) is 0 Å². The molecule has 0 N–H and O–H groups in total. The van der Waals surface area contributed by atoms with Crippen molar-refractivity contribution in [2.75, 3.05) is 13.1 Å². The zero-order valence-electron chi connectivity index (χ0n) is 13.6. The predicted molar refractivity (Wildman–Crippen MR) is 88.0 cm³/mol. The summed E-state index contributed by atoms with van der Waals surface area (Å²) in [6.07, 6.45) is 3.00. The van der Waals surface area contributed by atoms with Crippen molar-refractivity contribution in [1.29, 1.82) is 0 Å². The van der Waals surface area contributed by atoms with E-state index in [1.54, 1.807) is 11.1 Å². The van der Waals surface area contributed by atoms with E-state index in [2.05, 4.69) is 27.8 Å². The minimum absolute atomic E-state index is 0.249. The number of carbonyl (C=O) groups excluding carboxylic acids is 1. The van der Waals surface area contributed by atoms with Gasteiger partial charge in [0.2, 0.25) is 0 Å². The number of amides is 1. The number of ether oxygens (including phenoxy) is 2. The largest absolute Gasteiger partial charge is 0.487 e. The number of aromatic nitrogens is 1. The van der Waals surface area contributed by atoms with E-state index in [0.29, 0.717) is 13.1 Å². The third kappa shape index (κ3) is 4.87. The first-order chi connectivity index (χ1) is 10.2. The summed E-state index contributed by atoms with van der Waals surface area (Å²) in [6, 6.07) is 3.70. The third-order valence-corrected chi connectivity index (χ3v) is 3.97. The first-order valence-corrected chi connectivity index (χ1v) is 8.25. The van der Waals surface area contributed by atoms with Crippen LogP contribution in [0.2, 0.25) is 0 Å². The van der Waals surface area contributed by atoms with Crippen molar-refractivity contribution in [2.45, 2.75) is 51.7 Å². The van der Waals surface area contributed by atoms with E-state index in [4.69, 9.17) is 9.47 Å². The van der Waals surface area contributed by atoms with Gasteiger partial charge in [0.1, 0.15) is 21.6 Å². The number of hydrogen-bond donors (Lipinski definition) is 0. The van der Waals surface area contributed by atoms with Gasteiger partial charge in [-0.25, -0.2) is 9.78 Å². The average Bonchev–Trinajstić information content (AvgIpc) is 2.36. The second-order valence-corrected chi connectivity index (χ2v) is 7.65. The SMILES string of the molecule is CC(C)(C)OC(=O)N1CCC(C)(Oc2ccnc(Br)c2)CC1. The molecular formula is C16H23BrN2O3. The smallest absolute Gasteiger partial charge is 0.410 e. The number of piperidine rings is 1. The Hall–Kier alpha value is -1.30. The number of likely N-dealkylation sites (tertiary alicyclic amines) is 1. The molecular weight excluding hydrogens is 348 g/mol. The van der Waals surface area contributed by atoms with E-state index in [1.807, 2.05) is 32.9 Å². The summed E-state index contributed by atoms with van der Waals surface area (Å²) in [6.45, 7) is 8.99. The van der Waals surface area contributed by atoms with Crippen LogP contribution in [0.15, 0.2) is 22.9 Å². The van der Waals surface area contributed by atoms with Gasteiger partial charge < -0.3 is 14.4 Å². The van der Waals surface area contributed by atoms with Crippen molar-refractivity contribution >= 4 is 22.0 Å². The summed E-state index contributed by atoms with van der Waals surface area (Å²) in [4.78, 5) is 17.9. The van der Waals surface area contributed by atoms with Crippen LogP contribution in [-0.2, 0) is 4.74 Å². The second kappa shape index (κ2) is 6.44. The highest BCUT2D eigenvalue weighted by Crippen LogP contribution is 2.29. The molecule has 6 heteroatoms. The maximum Gasteiger partial charge on any atom is 0.410 e. The van der Waals surface area contributed by atoms with Gasteiger partial charge in [0.05, 0.1) is 0 Å². The lowest BCUT2D eigenvalue weighted by atomic mass is 9.93. The van der Waals surface area contributed by atoms with Gasteiger partial charge in [-0.3, -0.25) is 0 Å². The lowest BCUT2D eigenvalue weighted by molar-refractivity contribution is -0.00985. The van der Waals surface area contributed by atoms with Crippen molar-refractivity contribution in [3.63, 3.8) is 0 Å². The van der Waals surface area contributed by atoms with Gasteiger partial charge in [0, 0.05) is 38.2 Å². The summed E-state index contributed by atoms with van der Waals surface area (Å²) in [5, 5.41) is 0. The Morgan fingerprint density at radius 2 is 2.00 bits per heavy atom. The Balaban J connectivity index is 1.91. The molecule has 2 rings (SSSR count). The number of nitrogens with zero attached hydrogens (tertiary/aromatic N) is 2. The highest BCUT2D eigenvalue weighted by molar-refractivity contribution is 9.10. The van der Waals surface area contributed by atoms with Crippen LogP contribution < -0.4 is 4.74 Å². The summed E-state index contributed by atoms with van der Waals surface area (Å²) in [7, 11) is 0. The van der Waals surface area contributed by atoms with Gasteiger partial charge in [0.15, 0.2) is 0 Å². The van der Waals surface area contributed by atoms with Crippen LogP contribution in [-0.4, -0.2) is 40.3 Å². The number of pyridine rings is 1. The fraction of sp³-hybridized carbons (Fsp3) is 0.625. The molecule has 0 spiro atoms. The van der Waals surface area contributed by atoms with Crippen molar-refractivity contribution in [3.05, 3.63) is 22.9 Å². The van der Waals surface area contributed by atoms with Gasteiger partial charge in [0.25, 0.3) is 0 Å². The molecule has 5 nitrogen and oxygen atoms in total. The van der Waals surface area contributed by atoms with Crippen LogP contribution in [0.5, 0.6) is 5.75 Å². The van der Waals surface area contributed by atoms with Crippen LogP contribution in [0.4, 0.5) is 4.79 Å². The molecule has 1 aromatic rings. The average molecular weight is 371 g/mol. The van der Waals surface area contributed by atoms with Crippen molar-refractivity contribution in [1.82, 2.24) is 9.88 Å². The Labute approximate surface area is 140 Å². The van der Waals surface area contributed by atoms with E-state index < -0.39 is 5.60 Å². The Morgan fingerprint density at radius 1 is 1.36 bits per heavy atom. The maximum atomic E-state index is 12.1. The molecule has 122 valence electrons. The molecule has 0 bridgehead atoms. The molecule has 1 aromatic heterocycles. The van der Waals surface area contributed by atoms with Gasteiger partial charge in [-0.15, -0.1) is 0 Å². The monoisotopic (exact) mass is 370 g/mol. The van der Waals surface area contributed by atoms with Crippen LogP contribution in [0.1, 0.15) is 40.5 Å². The molecule has 1 amide bonds. The molecule has 1 aliphatic heterocycles. The summed E-state index contributed by atoms with van der Waals surface area (Å²) in [5.41, 5.74) is -0.739. The number of hydrogen-bond acceptors (Lipinski definition) is 4. The Bertz CT molecular complexity index is 534. The van der Waals surface area contributed by atoms with Crippen LogP contribution >= 0.6 is 15.9 Å². The molecule has 0 atom stereocenters. The Kier molecular flexibility index (Phi) is 5.00. The fourth-order valence-electron chi connectivity index (χ4n) is 2.32. The molecule has 2 heterocycles. The van der Waals surface area contributed by atoms with E-state index >= 15 is 0 Å². The predicted octanol–water partition coefficient (Wildman–Crippen LogP) is 4.01. The molecule has 1 aliphatic rings. The molecule has 1 fully saturated rings. The van der Waals surface area contributed by atoms with E-state index in [9.17, 15) is 4.79 Å². The van der Waals surface area contributed by atoms with Crippen molar-refractivity contribution in [2.24, 2.45) is 0 Å². The van der Waals surface area contributed by atoms with Crippen molar-refractivity contribution in [3.8, 4) is 5.75 Å². The van der Waals surface area contributed by atoms with E-state index in [-0.39, 0.29) is 11.7 Å². The molecule has 1 saturated heterocycles. The third-order valence-electron chi connectivity index (χ3n) is 3.54. The number of carbonyl (C=O) groups is 1. The fourth-order valence-corrected chi connectivity index (χ4v) is 2.67. The first kappa shape index (κ1) is 17.1. The molecule has 0 aliphatic carbocycles. The maximum absolute atomic E-state index is 12.1. The number of halogens is 1. The number of rotatable bonds is 2. The summed E-state index contributed by atoms with van der Waals surface area (Å²) >= 11 is 3.34. The quantitative estimate of drug-likeness (QED) is 0.737. The topological polar surface area (TPSA) is 51.7 Å². The first-order valence-electron chi connectivity index (χ1n) is 7.45. The molecule has 0 aromatic carbocycles. The van der Waals surface area contributed by atoms with Gasteiger partial charge in [-0.05, 0) is 49.7 Å². The molecule has 0 unspecified atom stereocenters. The summed E-state index contributed by atoms with van der Waals surface area (Å²) < 4.78 is 12.3. The molecule has 22 heavy (non-hydrogen) atoms. The Morgan fingerprint density at radius 3 is 2.55 bits per heavy atom. The zero-order chi connectivity index (χ0) is 16.4. The van der Waals surface area contributed by atoms with Crippen LogP contribution in [0, 0.1) is 0 Å². The molecule has 0 radical (unpaired) electrons. The highest BCUT2D eigenvalue weighted by atomic mass is 79.9. The van der Waals surface area contributed by atoms with E-state index in [0.717, 1.165) is 23.2 Å². The van der Waals surface area contributed by atoms with Crippen LogP contribution in [0.25, 0.3) is 0 Å². The van der Waals surface area contributed by atoms with E-state index in [1.165, 1.54) is 0 Å². The van der Waals surface area contributed by atoms with Gasteiger partial charge >= 0.3 is 6.09 Å². The molecule has 0 saturated carbocycles. The standard InChI is InChI=1S/C16H23BrN2O3/c1-15(2,3)22-14(20)19-9-6-16(4,7-10-19)21-12-5-8-18-13(17)11-12/h5,8,11H,6-7,9-10H2,1-4H3. The van der Waals surface area contributed by atoms with Crippen molar-refractivity contribution < 1.29 is 14.3 Å².